The molecule has 0 bridgehead atoms. The van der Waals surface area contributed by atoms with E-state index in [4.69, 9.17) is 10.5 Å². The highest BCUT2D eigenvalue weighted by Gasteiger charge is 2.14. The lowest BCUT2D eigenvalue weighted by atomic mass is 10.2. The second-order valence-corrected chi connectivity index (χ2v) is 3.29. The Morgan fingerprint density at radius 2 is 2.00 bits per heavy atom. The normalized spacial score (nSPS) is 11.8. The van der Waals surface area contributed by atoms with Crippen molar-refractivity contribution in [1.82, 2.24) is 5.32 Å². The molecule has 0 heterocycles. The van der Waals surface area contributed by atoms with Crippen LogP contribution in [0.4, 0.5) is 4.79 Å². The molecule has 1 unspecified atom stereocenters. The van der Waals surface area contributed by atoms with Crippen molar-refractivity contribution in [2.75, 3.05) is 0 Å². The number of benzene rings is 1. The Bertz CT molecular complexity index is 365. The molecule has 5 nitrogen and oxygen atoms in total. The fraction of sp³-hybridized carbons (Fsp3) is 0.273. The number of carbonyl (C=O) groups excluding carboxylic acids is 2. The minimum Gasteiger partial charge on any atom is -0.364 e. The van der Waals surface area contributed by atoms with E-state index in [2.05, 4.69) is 0 Å². The summed E-state index contributed by atoms with van der Waals surface area (Å²) in [5.74, 6) is -0.538. The zero-order chi connectivity index (χ0) is 12.0. The predicted molar refractivity (Wildman–Crippen MR) is 58.4 cm³/mol. The van der Waals surface area contributed by atoms with Crippen molar-refractivity contribution in [1.29, 1.82) is 0 Å². The Morgan fingerprint density at radius 3 is 2.56 bits per heavy atom. The van der Waals surface area contributed by atoms with Gasteiger partial charge in [-0.25, -0.2) is 4.79 Å². The van der Waals surface area contributed by atoms with Crippen LogP contribution in [0.5, 0.6) is 0 Å². The van der Waals surface area contributed by atoms with Crippen molar-refractivity contribution >= 4 is 11.9 Å². The zero-order valence-corrected chi connectivity index (χ0v) is 8.97. The van der Waals surface area contributed by atoms with Crippen molar-refractivity contribution in [2.45, 2.75) is 19.6 Å². The summed E-state index contributed by atoms with van der Waals surface area (Å²) in [6, 6.07) is 8.56. The lowest BCUT2D eigenvalue weighted by molar-refractivity contribution is -0.131. The van der Waals surface area contributed by atoms with Gasteiger partial charge < -0.3 is 10.5 Å². The van der Waals surface area contributed by atoms with Gasteiger partial charge in [-0.2, -0.15) is 0 Å². The summed E-state index contributed by atoms with van der Waals surface area (Å²) < 4.78 is 5.27. The SMILES string of the molecule is CC(OCc1ccccc1)C(=O)NC(N)=O. The molecule has 0 fully saturated rings. The van der Waals surface area contributed by atoms with Gasteiger partial charge >= 0.3 is 6.03 Å². The average Bonchev–Trinajstić information content (AvgIpc) is 2.26. The van der Waals surface area contributed by atoms with E-state index in [1.165, 1.54) is 0 Å². The highest BCUT2D eigenvalue weighted by molar-refractivity contribution is 5.95. The second kappa shape index (κ2) is 5.87. The standard InChI is InChI=1S/C11H14N2O3/c1-8(10(14)13-11(12)15)16-7-9-5-3-2-4-6-9/h2-6,8H,7H2,1H3,(H3,12,13,14,15). The topological polar surface area (TPSA) is 81.4 Å². The molecule has 3 amide bonds. The van der Waals surface area contributed by atoms with Gasteiger partial charge in [0.15, 0.2) is 0 Å². The minimum atomic E-state index is -0.875. The van der Waals surface area contributed by atoms with Crippen LogP contribution in [-0.2, 0) is 16.1 Å². The van der Waals surface area contributed by atoms with Crippen molar-refractivity contribution in [3.8, 4) is 0 Å². The number of ether oxygens (including phenoxy) is 1. The van der Waals surface area contributed by atoms with Crippen LogP contribution in [0.3, 0.4) is 0 Å². The minimum absolute atomic E-state index is 0.314. The first-order chi connectivity index (χ1) is 7.59. The molecule has 1 aromatic carbocycles. The molecule has 86 valence electrons. The molecule has 1 rings (SSSR count). The monoisotopic (exact) mass is 222 g/mol. The number of nitrogens with one attached hydrogen (secondary N) is 1. The fourth-order valence-corrected chi connectivity index (χ4v) is 1.09. The third-order valence-electron chi connectivity index (χ3n) is 1.96. The number of hydrogen-bond donors (Lipinski definition) is 2. The third kappa shape index (κ3) is 4.10. The van der Waals surface area contributed by atoms with Gasteiger partial charge in [0.2, 0.25) is 0 Å². The average molecular weight is 222 g/mol. The third-order valence-corrected chi connectivity index (χ3v) is 1.96. The maximum absolute atomic E-state index is 11.2. The lowest BCUT2D eigenvalue weighted by Gasteiger charge is -2.11. The molecule has 1 atom stereocenters. The summed E-state index contributed by atoms with van der Waals surface area (Å²) in [5.41, 5.74) is 5.77. The largest absolute Gasteiger partial charge is 0.364 e. The quantitative estimate of drug-likeness (QED) is 0.790. The molecule has 0 aliphatic heterocycles. The Morgan fingerprint density at radius 1 is 1.38 bits per heavy atom. The number of rotatable bonds is 4. The van der Waals surface area contributed by atoms with Crippen LogP contribution >= 0.6 is 0 Å². The molecule has 0 aromatic heterocycles. The van der Waals surface area contributed by atoms with Crippen LogP contribution in [0.2, 0.25) is 0 Å². The number of imide groups is 1. The van der Waals surface area contributed by atoms with Gasteiger partial charge in [0.1, 0.15) is 6.10 Å². The molecule has 0 saturated carbocycles. The van der Waals surface area contributed by atoms with Gasteiger partial charge in [0, 0.05) is 0 Å². The van der Waals surface area contributed by atoms with Crippen LogP contribution in [0.1, 0.15) is 12.5 Å². The first-order valence-electron chi connectivity index (χ1n) is 4.85. The first-order valence-corrected chi connectivity index (χ1v) is 4.85. The summed E-state index contributed by atoms with van der Waals surface area (Å²) in [5, 5.41) is 1.95. The van der Waals surface area contributed by atoms with Crippen molar-refractivity contribution in [3.63, 3.8) is 0 Å². The summed E-state index contributed by atoms with van der Waals surface area (Å²) >= 11 is 0. The van der Waals surface area contributed by atoms with Crippen molar-refractivity contribution in [2.24, 2.45) is 5.73 Å². The van der Waals surface area contributed by atoms with E-state index in [0.29, 0.717) is 6.61 Å². The number of nitrogens with two attached hydrogens (primary N) is 1. The summed E-state index contributed by atoms with van der Waals surface area (Å²) in [6.07, 6.45) is -0.715. The number of hydrogen-bond acceptors (Lipinski definition) is 3. The Labute approximate surface area is 93.6 Å². The highest BCUT2D eigenvalue weighted by Crippen LogP contribution is 2.03. The molecule has 0 aliphatic rings. The van der Waals surface area contributed by atoms with Crippen molar-refractivity contribution < 1.29 is 14.3 Å². The number of amides is 3. The van der Waals surface area contributed by atoms with Gasteiger partial charge in [0.05, 0.1) is 6.61 Å². The molecule has 0 radical (unpaired) electrons. The molecule has 16 heavy (non-hydrogen) atoms. The molecule has 5 heteroatoms. The molecule has 0 saturated heterocycles. The van der Waals surface area contributed by atoms with E-state index >= 15 is 0 Å². The molecular formula is C11H14N2O3. The van der Waals surface area contributed by atoms with Gasteiger partial charge in [-0.1, -0.05) is 30.3 Å². The maximum Gasteiger partial charge on any atom is 0.318 e. The smallest absolute Gasteiger partial charge is 0.318 e. The molecule has 1 aromatic rings. The van der Waals surface area contributed by atoms with Gasteiger partial charge in [-0.15, -0.1) is 0 Å². The summed E-state index contributed by atoms with van der Waals surface area (Å²) in [7, 11) is 0. The number of primary amides is 1. The zero-order valence-electron chi connectivity index (χ0n) is 8.97. The Balaban J connectivity index is 2.38. The van der Waals surface area contributed by atoms with Crippen LogP contribution in [0, 0.1) is 0 Å². The van der Waals surface area contributed by atoms with Crippen LogP contribution in [0.15, 0.2) is 30.3 Å². The van der Waals surface area contributed by atoms with Gasteiger partial charge in [0.25, 0.3) is 5.91 Å². The predicted octanol–water partition coefficient (Wildman–Crippen LogP) is 0.787. The van der Waals surface area contributed by atoms with E-state index in [0.717, 1.165) is 5.56 Å². The number of urea groups is 1. The van der Waals surface area contributed by atoms with Crippen LogP contribution in [-0.4, -0.2) is 18.0 Å². The highest BCUT2D eigenvalue weighted by atomic mass is 16.5. The van der Waals surface area contributed by atoms with Gasteiger partial charge in [-0.3, -0.25) is 10.1 Å². The van der Waals surface area contributed by atoms with E-state index in [9.17, 15) is 9.59 Å². The Hall–Kier alpha value is -1.88. The fourth-order valence-electron chi connectivity index (χ4n) is 1.09. The second-order valence-electron chi connectivity index (χ2n) is 3.29. The van der Waals surface area contributed by atoms with Crippen LogP contribution in [0.25, 0.3) is 0 Å². The molecule has 0 aliphatic carbocycles. The summed E-state index contributed by atoms with van der Waals surface area (Å²) in [6.45, 7) is 1.87. The van der Waals surface area contributed by atoms with Crippen molar-refractivity contribution in [3.05, 3.63) is 35.9 Å². The molecule has 0 spiro atoms. The molecular weight excluding hydrogens is 208 g/mol. The van der Waals surface area contributed by atoms with E-state index in [1.54, 1.807) is 6.92 Å². The van der Waals surface area contributed by atoms with Gasteiger partial charge in [-0.05, 0) is 12.5 Å². The lowest BCUT2D eigenvalue weighted by Crippen LogP contribution is -2.41. The first kappa shape index (κ1) is 12.2. The van der Waals surface area contributed by atoms with E-state index in [-0.39, 0.29) is 0 Å². The van der Waals surface area contributed by atoms with E-state index < -0.39 is 18.0 Å². The number of carbonyl (C=O) groups is 2. The van der Waals surface area contributed by atoms with E-state index in [1.807, 2.05) is 35.6 Å². The maximum atomic E-state index is 11.2. The van der Waals surface area contributed by atoms with Crippen LogP contribution < -0.4 is 11.1 Å². The molecule has 3 N–H and O–H groups in total. The Kier molecular flexibility index (Phi) is 4.47. The summed E-state index contributed by atoms with van der Waals surface area (Å²) in [4.78, 5) is 21.7.